The standard InChI is InChI=1S/C14H23N3O/c1-2-4-14-16-12-9-15-7-6-13(12)17(14)10-11-5-3-8-18-11/h11,15H,2-10H2,1H3. The highest BCUT2D eigenvalue weighted by atomic mass is 16.5. The van der Waals surface area contributed by atoms with E-state index in [2.05, 4.69) is 16.8 Å². The SMILES string of the molecule is CCCc1nc2c(n1CC1CCCO1)CCNC2. The van der Waals surface area contributed by atoms with E-state index in [0.717, 1.165) is 45.5 Å². The van der Waals surface area contributed by atoms with Crippen molar-refractivity contribution in [2.45, 2.75) is 58.2 Å². The molecule has 0 amide bonds. The zero-order valence-electron chi connectivity index (χ0n) is 11.2. The Kier molecular flexibility index (Phi) is 3.66. The molecule has 1 fully saturated rings. The summed E-state index contributed by atoms with van der Waals surface area (Å²) in [5.74, 6) is 1.27. The third kappa shape index (κ3) is 2.31. The van der Waals surface area contributed by atoms with Crippen molar-refractivity contribution in [3.8, 4) is 0 Å². The van der Waals surface area contributed by atoms with Gasteiger partial charge in [-0.25, -0.2) is 4.98 Å². The summed E-state index contributed by atoms with van der Waals surface area (Å²) >= 11 is 0. The van der Waals surface area contributed by atoms with Crippen LogP contribution in [0.2, 0.25) is 0 Å². The summed E-state index contributed by atoms with van der Waals surface area (Å²) in [4.78, 5) is 4.83. The molecule has 3 heterocycles. The van der Waals surface area contributed by atoms with Crippen molar-refractivity contribution in [1.82, 2.24) is 14.9 Å². The van der Waals surface area contributed by atoms with E-state index in [-0.39, 0.29) is 0 Å². The fraction of sp³-hybridized carbons (Fsp3) is 0.786. The molecule has 4 nitrogen and oxygen atoms in total. The molecule has 2 aliphatic rings. The Balaban J connectivity index is 1.86. The van der Waals surface area contributed by atoms with Gasteiger partial charge >= 0.3 is 0 Å². The van der Waals surface area contributed by atoms with Crippen LogP contribution in [0.4, 0.5) is 0 Å². The first-order chi connectivity index (χ1) is 8.88. The molecular formula is C14H23N3O. The largest absolute Gasteiger partial charge is 0.376 e. The summed E-state index contributed by atoms with van der Waals surface area (Å²) in [7, 11) is 0. The van der Waals surface area contributed by atoms with Crippen LogP contribution in [-0.2, 0) is 30.7 Å². The minimum Gasteiger partial charge on any atom is -0.376 e. The lowest BCUT2D eigenvalue weighted by Crippen LogP contribution is -2.26. The average molecular weight is 249 g/mol. The van der Waals surface area contributed by atoms with Crippen LogP contribution < -0.4 is 5.32 Å². The van der Waals surface area contributed by atoms with Gasteiger partial charge in [-0.05, 0) is 19.3 Å². The molecule has 1 atom stereocenters. The first-order valence-corrected chi connectivity index (χ1v) is 7.28. The molecule has 18 heavy (non-hydrogen) atoms. The highest BCUT2D eigenvalue weighted by molar-refractivity contribution is 5.20. The van der Waals surface area contributed by atoms with Crippen LogP contribution in [-0.4, -0.2) is 28.8 Å². The lowest BCUT2D eigenvalue weighted by Gasteiger charge is -2.18. The molecule has 4 heteroatoms. The van der Waals surface area contributed by atoms with E-state index in [4.69, 9.17) is 9.72 Å². The van der Waals surface area contributed by atoms with Crippen molar-refractivity contribution in [3.05, 3.63) is 17.2 Å². The number of nitrogens with one attached hydrogen (secondary N) is 1. The predicted octanol–water partition coefficient (Wildman–Crippen LogP) is 1.66. The molecule has 0 saturated carbocycles. The van der Waals surface area contributed by atoms with Crippen molar-refractivity contribution in [3.63, 3.8) is 0 Å². The van der Waals surface area contributed by atoms with Gasteiger partial charge in [-0.2, -0.15) is 0 Å². The van der Waals surface area contributed by atoms with Crippen LogP contribution >= 0.6 is 0 Å². The van der Waals surface area contributed by atoms with E-state index >= 15 is 0 Å². The number of hydrogen-bond acceptors (Lipinski definition) is 3. The molecule has 1 saturated heterocycles. The van der Waals surface area contributed by atoms with Gasteiger partial charge < -0.3 is 14.6 Å². The van der Waals surface area contributed by atoms with Crippen LogP contribution in [0.3, 0.4) is 0 Å². The summed E-state index contributed by atoms with van der Waals surface area (Å²) < 4.78 is 8.24. The van der Waals surface area contributed by atoms with Crippen molar-refractivity contribution in [2.24, 2.45) is 0 Å². The first kappa shape index (κ1) is 12.2. The van der Waals surface area contributed by atoms with E-state index in [1.807, 2.05) is 0 Å². The summed E-state index contributed by atoms with van der Waals surface area (Å²) in [6.07, 6.45) is 6.19. The third-order valence-electron chi connectivity index (χ3n) is 3.95. The number of nitrogens with zero attached hydrogens (tertiary/aromatic N) is 2. The minimum absolute atomic E-state index is 0.411. The van der Waals surface area contributed by atoms with E-state index in [9.17, 15) is 0 Å². The average Bonchev–Trinajstić information content (AvgIpc) is 3.00. The maximum absolute atomic E-state index is 5.79. The van der Waals surface area contributed by atoms with Crippen LogP contribution in [0.5, 0.6) is 0 Å². The molecule has 0 aromatic carbocycles. The van der Waals surface area contributed by atoms with Gasteiger partial charge in [0, 0.05) is 38.2 Å². The summed E-state index contributed by atoms with van der Waals surface area (Å²) in [5.41, 5.74) is 2.72. The Bertz CT molecular complexity index is 407. The second-order valence-corrected chi connectivity index (χ2v) is 5.34. The summed E-state index contributed by atoms with van der Waals surface area (Å²) in [6.45, 7) is 6.19. The van der Waals surface area contributed by atoms with E-state index in [1.165, 1.54) is 30.1 Å². The monoisotopic (exact) mass is 249 g/mol. The maximum atomic E-state index is 5.79. The Hall–Kier alpha value is -0.870. The van der Waals surface area contributed by atoms with Gasteiger partial charge in [-0.1, -0.05) is 6.92 Å². The first-order valence-electron chi connectivity index (χ1n) is 7.28. The number of aryl methyl sites for hydroxylation is 1. The molecular weight excluding hydrogens is 226 g/mol. The number of fused-ring (bicyclic) bond motifs is 1. The van der Waals surface area contributed by atoms with E-state index < -0.39 is 0 Å². The lowest BCUT2D eigenvalue weighted by atomic mass is 10.1. The van der Waals surface area contributed by atoms with Gasteiger partial charge in [-0.3, -0.25) is 0 Å². The van der Waals surface area contributed by atoms with Crippen LogP contribution in [0.1, 0.15) is 43.4 Å². The number of imidazole rings is 1. The third-order valence-corrected chi connectivity index (χ3v) is 3.95. The highest BCUT2D eigenvalue weighted by Gasteiger charge is 2.23. The predicted molar refractivity (Wildman–Crippen MR) is 70.6 cm³/mol. The normalized spacial score (nSPS) is 23.3. The van der Waals surface area contributed by atoms with Crippen LogP contribution in [0.15, 0.2) is 0 Å². The molecule has 1 unspecified atom stereocenters. The Morgan fingerprint density at radius 2 is 2.44 bits per heavy atom. The van der Waals surface area contributed by atoms with Gasteiger partial charge in [0.15, 0.2) is 0 Å². The molecule has 2 aliphatic heterocycles. The molecule has 1 aromatic heterocycles. The second-order valence-electron chi connectivity index (χ2n) is 5.34. The Labute approximate surface area is 109 Å². The maximum Gasteiger partial charge on any atom is 0.109 e. The van der Waals surface area contributed by atoms with Gasteiger partial charge in [0.25, 0.3) is 0 Å². The molecule has 3 rings (SSSR count). The lowest BCUT2D eigenvalue weighted by molar-refractivity contribution is 0.0955. The fourth-order valence-electron chi connectivity index (χ4n) is 3.05. The van der Waals surface area contributed by atoms with Gasteiger partial charge in [-0.15, -0.1) is 0 Å². The molecule has 1 aromatic rings. The van der Waals surface area contributed by atoms with Crippen LogP contribution in [0, 0.1) is 0 Å². The number of hydrogen-bond donors (Lipinski definition) is 1. The zero-order valence-corrected chi connectivity index (χ0v) is 11.2. The molecule has 0 bridgehead atoms. The molecule has 1 N–H and O–H groups in total. The topological polar surface area (TPSA) is 39.1 Å². The summed E-state index contributed by atoms with van der Waals surface area (Å²) in [5, 5.41) is 3.41. The van der Waals surface area contributed by atoms with Crippen molar-refractivity contribution < 1.29 is 4.74 Å². The van der Waals surface area contributed by atoms with Gasteiger partial charge in [0.1, 0.15) is 5.82 Å². The summed E-state index contributed by atoms with van der Waals surface area (Å²) in [6, 6.07) is 0. The minimum atomic E-state index is 0.411. The molecule has 0 aliphatic carbocycles. The zero-order chi connectivity index (χ0) is 12.4. The number of rotatable bonds is 4. The quantitative estimate of drug-likeness (QED) is 0.882. The van der Waals surface area contributed by atoms with Crippen molar-refractivity contribution in [1.29, 1.82) is 0 Å². The van der Waals surface area contributed by atoms with Crippen molar-refractivity contribution >= 4 is 0 Å². The van der Waals surface area contributed by atoms with Gasteiger partial charge in [0.05, 0.1) is 18.3 Å². The van der Waals surface area contributed by atoms with Crippen LogP contribution in [0.25, 0.3) is 0 Å². The van der Waals surface area contributed by atoms with Gasteiger partial charge in [0.2, 0.25) is 0 Å². The Morgan fingerprint density at radius 1 is 1.50 bits per heavy atom. The van der Waals surface area contributed by atoms with E-state index in [0.29, 0.717) is 6.10 Å². The van der Waals surface area contributed by atoms with Crippen molar-refractivity contribution in [2.75, 3.05) is 13.2 Å². The second kappa shape index (κ2) is 5.41. The molecule has 100 valence electrons. The molecule has 0 spiro atoms. The number of aromatic nitrogens is 2. The highest BCUT2D eigenvalue weighted by Crippen LogP contribution is 2.21. The molecule has 0 radical (unpaired) electrons. The smallest absolute Gasteiger partial charge is 0.109 e. The number of ether oxygens (including phenoxy) is 1. The fourth-order valence-corrected chi connectivity index (χ4v) is 3.05. The van der Waals surface area contributed by atoms with E-state index in [1.54, 1.807) is 0 Å². The Morgan fingerprint density at radius 3 is 3.22 bits per heavy atom.